The van der Waals surface area contributed by atoms with Gasteiger partial charge in [0.1, 0.15) is 0 Å². The lowest BCUT2D eigenvalue weighted by Gasteiger charge is -2.31. The zero-order chi connectivity index (χ0) is 13.3. The van der Waals surface area contributed by atoms with Gasteiger partial charge in [0.15, 0.2) is 0 Å². The van der Waals surface area contributed by atoms with Gasteiger partial charge in [0.05, 0.1) is 5.60 Å². The first-order chi connectivity index (χ1) is 7.69. The van der Waals surface area contributed by atoms with Crippen LogP contribution in [-0.4, -0.2) is 5.11 Å². The second-order valence-corrected chi connectivity index (χ2v) is 6.28. The molecule has 0 fully saturated rings. The Kier molecular flexibility index (Phi) is 4.03. The third-order valence-electron chi connectivity index (χ3n) is 3.91. The van der Waals surface area contributed by atoms with E-state index in [9.17, 15) is 5.11 Å². The maximum absolute atomic E-state index is 10.5. The second-order valence-electron chi connectivity index (χ2n) is 6.28. The fraction of sp³-hybridized carbons (Fsp3) is 0.625. The Morgan fingerprint density at radius 1 is 1.00 bits per heavy atom. The largest absolute Gasteiger partial charge is 0.385 e. The molecule has 1 N–H and O–H groups in total. The average Bonchev–Trinajstić information content (AvgIpc) is 2.27. The van der Waals surface area contributed by atoms with Crippen LogP contribution in [0.25, 0.3) is 0 Å². The van der Waals surface area contributed by atoms with Crippen molar-refractivity contribution >= 4 is 0 Å². The van der Waals surface area contributed by atoms with Crippen molar-refractivity contribution in [3.8, 4) is 0 Å². The van der Waals surface area contributed by atoms with E-state index in [1.54, 1.807) is 0 Å². The highest BCUT2D eigenvalue weighted by Gasteiger charge is 2.29. The molecule has 2 atom stereocenters. The van der Waals surface area contributed by atoms with Gasteiger partial charge in [-0.1, -0.05) is 65.3 Å². The lowest BCUT2D eigenvalue weighted by Crippen LogP contribution is -2.29. The lowest BCUT2D eigenvalue weighted by molar-refractivity contribution is -0.00000764. The first kappa shape index (κ1) is 14.2. The van der Waals surface area contributed by atoms with Gasteiger partial charge in [-0.2, -0.15) is 0 Å². The van der Waals surface area contributed by atoms with Crippen LogP contribution in [0.4, 0.5) is 0 Å². The van der Waals surface area contributed by atoms with Gasteiger partial charge in [-0.05, 0) is 29.4 Å². The molecule has 0 saturated heterocycles. The number of hydrogen-bond donors (Lipinski definition) is 1. The van der Waals surface area contributed by atoms with Crippen LogP contribution in [0.5, 0.6) is 0 Å². The Bertz CT molecular complexity index is 354. The van der Waals surface area contributed by atoms with Crippen molar-refractivity contribution in [3.05, 3.63) is 35.4 Å². The Morgan fingerprint density at radius 3 is 1.76 bits per heavy atom. The molecule has 1 rings (SSSR count). The molecule has 1 aromatic carbocycles. The number of aliphatic hydroxyl groups is 1. The summed E-state index contributed by atoms with van der Waals surface area (Å²) < 4.78 is 0. The monoisotopic (exact) mass is 234 g/mol. The number of hydrogen-bond acceptors (Lipinski definition) is 1. The van der Waals surface area contributed by atoms with Crippen molar-refractivity contribution in [3.63, 3.8) is 0 Å². The van der Waals surface area contributed by atoms with Gasteiger partial charge in [-0.25, -0.2) is 0 Å². The summed E-state index contributed by atoms with van der Waals surface area (Å²) >= 11 is 0. The van der Waals surface area contributed by atoms with E-state index in [0.29, 0.717) is 0 Å². The molecule has 1 nitrogen and oxygen atoms in total. The van der Waals surface area contributed by atoms with E-state index in [4.69, 9.17) is 0 Å². The number of rotatable bonds is 3. The van der Waals surface area contributed by atoms with E-state index in [-0.39, 0.29) is 11.3 Å². The zero-order valence-electron chi connectivity index (χ0n) is 12.0. The van der Waals surface area contributed by atoms with Gasteiger partial charge in [-0.15, -0.1) is 0 Å². The molecule has 0 bridgehead atoms. The second kappa shape index (κ2) is 4.81. The fourth-order valence-electron chi connectivity index (χ4n) is 1.99. The van der Waals surface area contributed by atoms with Crippen molar-refractivity contribution < 1.29 is 5.11 Å². The minimum atomic E-state index is -0.731. The normalized spacial score (nSPS) is 17.6. The van der Waals surface area contributed by atoms with Crippen molar-refractivity contribution in [1.29, 1.82) is 0 Å². The van der Waals surface area contributed by atoms with E-state index in [0.717, 1.165) is 12.0 Å². The Morgan fingerprint density at radius 2 is 1.41 bits per heavy atom. The van der Waals surface area contributed by atoms with Crippen LogP contribution in [-0.2, 0) is 11.0 Å². The molecule has 0 aliphatic carbocycles. The quantitative estimate of drug-likeness (QED) is 0.829. The third-order valence-corrected chi connectivity index (χ3v) is 3.91. The highest BCUT2D eigenvalue weighted by atomic mass is 16.3. The topological polar surface area (TPSA) is 20.2 Å². The SMILES string of the molecule is CCC(C)C(C)(O)c1ccc(C(C)(C)C)cc1. The van der Waals surface area contributed by atoms with Crippen molar-refractivity contribution in [2.45, 2.75) is 59.0 Å². The van der Waals surface area contributed by atoms with Crippen LogP contribution in [0.1, 0.15) is 59.1 Å². The minimum absolute atomic E-state index is 0.167. The van der Waals surface area contributed by atoms with Crippen molar-refractivity contribution in [2.24, 2.45) is 5.92 Å². The van der Waals surface area contributed by atoms with Crippen LogP contribution in [0.3, 0.4) is 0 Å². The Balaban J connectivity index is 3.03. The third kappa shape index (κ3) is 3.10. The lowest BCUT2D eigenvalue weighted by atomic mass is 9.80. The predicted molar refractivity (Wildman–Crippen MR) is 74.2 cm³/mol. The molecule has 0 aliphatic heterocycles. The molecule has 2 unspecified atom stereocenters. The van der Waals surface area contributed by atoms with Crippen LogP contribution in [0, 0.1) is 5.92 Å². The molecule has 1 aromatic rings. The summed E-state index contributed by atoms with van der Waals surface area (Å²) in [5.41, 5.74) is 1.76. The highest BCUT2D eigenvalue weighted by Crippen LogP contribution is 2.32. The Hall–Kier alpha value is -0.820. The van der Waals surface area contributed by atoms with E-state index in [1.807, 2.05) is 6.92 Å². The molecule has 0 aromatic heterocycles. The molecule has 0 aliphatic rings. The molecule has 96 valence electrons. The fourth-order valence-corrected chi connectivity index (χ4v) is 1.99. The van der Waals surface area contributed by atoms with Crippen molar-refractivity contribution in [1.82, 2.24) is 0 Å². The Labute approximate surface area is 106 Å². The summed E-state index contributed by atoms with van der Waals surface area (Å²) in [7, 11) is 0. The van der Waals surface area contributed by atoms with E-state index < -0.39 is 5.60 Å². The summed E-state index contributed by atoms with van der Waals surface area (Å²) in [6, 6.07) is 8.39. The molecule has 0 saturated carbocycles. The van der Waals surface area contributed by atoms with Gasteiger partial charge in [0.2, 0.25) is 0 Å². The molecule has 17 heavy (non-hydrogen) atoms. The molecule has 0 spiro atoms. The van der Waals surface area contributed by atoms with Crippen molar-refractivity contribution in [2.75, 3.05) is 0 Å². The summed E-state index contributed by atoms with van der Waals surface area (Å²) in [5, 5.41) is 10.5. The maximum atomic E-state index is 10.5. The molecular weight excluding hydrogens is 208 g/mol. The van der Waals surface area contributed by atoms with Crippen LogP contribution >= 0.6 is 0 Å². The molecule has 0 heterocycles. The maximum Gasteiger partial charge on any atom is 0.0893 e. The molecule has 0 radical (unpaired) electrons. The summed E-state index contributed by atoms with van der Waals surface area (Å²) in [6.07, 6.45) is 0.980. The summed E-state index contributed by atoms with van der Waals surface area (Å²) in [6.45, 7) is 12.7. The molecule has 0 amide bonds. The van der Waals surface area contributed by atoms with E-state index in [1.165, 1.54) is 5.56 Å². The van der Waals surface area contributed by atoms with E-state index >= 15 is 0 Å². The smallest absolute Gasteiger partial charge is 0.0893 e. The minimum Gasteiger partial charge on any atom is -0.385 e. The number of benzene rings is 1. The van der Waals surface area contributed by atoms with Crippen LogP contribution < -0.4 is 0 Å². The van der Waals surface area contributed by atoms with Crippen LogP contribution in [0.2, 0.25) is 0 Å². The van der Waals surface area contributed by atoms with Gasteiger partial charge < -0.3 is 5.11 Å². The van der Waals surface area contributed by atoms with Gasteiger partial charge in [0, 0.05) is 0 Å². The van der Waals surface area contributed by atoms with Gasteiger partial charge >= 0.3 is 0 Å². The van der Waals surface area contributed by atoms with Gasteiger partial charge in [0.25, 0.3) is 0 Å². The van der Waals surface area contributed by atoms with E-state index in [2.05, 4.69) is 58.9 Å². The first-order valence-electron chi connectivity index (χ1n) is 6.53. The van der Waals surface area contributed by atoms with Gasteiger partial charge in [-0.3, -0.25) is 0 Å². The zero-order valence-corrected chi connectivity index (χ0v) is 12.0. The predicted octanol–water partition coefficient (Wildman–Crippen LogP) is 4.24. The highest BCUT2D eigenvalue weighted by molar-refractivity contribution is 5.30. The van der Waals surface area contributed by atoms with Crippen LogP contribution in [0.15, 0.2) is 24.3 Å². The standard InChI is InChI=1S/C16H26O/c1-7-12(2)16(6,17)14-10-8-13(9-11-14)15(3,4)5/h8-12,17H,7H2,1-6H3. The average molecular weight is 234 g/mol. The summed E-state index contributed by atoms with van der Waals surface area (Å²) in [4.78, 5) is 0. The summed E-state index contributed by atoms with van der Waals surface area (Å²) in [5.74, 6) is 0.267. The first-order valence-corrected chi connectivity index (χ1v) is 6.53. The molecular formula is C16H26O. The molecule has 1 heteroatoms.